The number of methoxy groups -OCH3 is 1. The lowest BCUT2D eigenvalue weighted by Crippen LogP contribution is -2.31. The van der Waals surface area contributed by atoms with Crippen molar-refractivity contribution in [1.82, 2.24) is 19.9 Å². The molecule has 0 unspecified atom stereocenters. The molecule has 6 rings (SSSR count). The van der Waals surface area contributed by atoms with E-state index in [2.05, 4.69) is 21.4 Å². The minimum atomic E-state index is -4.08. The summed E-state index contributed by atoms with van der Waals surface area (Å²) < 4.78 is 37.9. The second-order valence-electron chi connectivity index (χ2n) is 10.4. The van der Waals surface area contributed by atoms with Crippen LogP contribution >= 0.6 is 11.3 Å². The summed E-state index contributed by atoms with van der Waals surface area (Å²) in [6.07, 6.45) is 6.68. The molecule has 3 aromatic heterocycles. The van der Waals surface area contributed by atoms with E-state index >= 15 is 0 Å². The molecule has 1 N–H and O–H groups in total. The molecule has 3 aromatic carbocycles. The van der Waals surface area contributed by atoms with Gasteiger partial charge in [0.1, 0.15) is 5.75 Å². The zero-order valence-corrected chi connectivity index (χ0v) is 26.3. The van der Waals surface area contributed by atoms with Crippen molar-refractivity contribution in [2.24, 2.45) is 0 Å². The number of sulfonamides is 1. The molecule has 0 aliphatic rings. The molecule has 0 spiro atoms. The van der Waals surface area contributed by atoms with Crippen LogP contribution < -0.4 is 14.4 Å². The number of nitrogens with one attached hydrogen (secondary N) is 1. The molecule has 230 valence electrons. The highest BCUT2D eigenvalue weighted by atomic mass is 32.2. The van der Waals surface area contributed by atoms with Crippen molar-refractivity contribution in [3.05, 3.63) is 137 Å². The van der Waals surface area contributed by atoms with E-state index in [9.17, 15) is 13.2 Å². The molecule has 0 saturated carbocycles. The Bertz CT molecular complexity index is 2150. The third-order valence-corrected chi connectivity index (χ3v) is 10.2. The number of imidazole rings is 1. The number of pyridine rings is 1. The minimum absolute atomic E-state index is 0.01000. The number of anilines is 1. The SMILES string of the molecule is COc1cccc(S(=O)(=O)N(Cc2cncn2Cc2ccc(C#N)cc2)c2ccc3sc(C(=O)NCc4cccnc4)cc3c2)c1. The van der Waals surface area contributed by atoms with Crippen molar-refractivity contribution in [1.29, 1.82) is 5.26 Å². The molecular weight excluding hydrogens is 621 g/mol. The summed E-state index contributed by atoms with van der Waals surface area (Å²) in [5, 5.41) is 12.8. The number of fused-ring (bicyclic) bond motifs is 1. The molecule has 0 saturated heterocycles. The second-order valence-corrected chi connectivity index (χ2v) is 13.3. The number of hydrogen-bond acceptors (Lipinski definition) is 8. The zero-order chi connectivity index (χ0) is 32.1. The lowest BCUT2D eigenvalue weighted by atomic mass is 10.1. The van der Waals surface area contributed by atoms with E-state index < -0.39 is 10.0 Å². The lowest BCUT2D eigenvalue weighted by molar-refractivity contribution is 0.0955. The summed E-state index contributed by atoms with van der Waals surface area (Å²) in [7, 11) is -2.60. The number of hydrogen-bond donors (Lipinski definition) is 1. The summed E-state index contributed by atoms with van der Waals surface area (Å²) in [4.78, 5) is 22.0. The standard InChI is InChI=1S/C34H28N6O4S2/c1-44-30-5-2-6-31(16-30)46(42,43)40(22-29-20-37-23-39(29)21-25-9-7-24(17-35)8-10-25)28-11-12-32-27(14-28)15-33(45-32)34(41)38-19-26-4-3-13-36-18-26/h2-16,18,20,23H,19,21-22H2,1H3,(H,38,41). The quantitative estimate of drug-likeness (QED) is 0.189. The Balaban J connectivity index is 1.33. The van der Waals surface area contributed by atoms with E-state index in [1.165, 1.54) is 34.9 Å². The van der Waals surface area contributed by atoms with Crippen LogP contribution in [0.2, 0.25) is 0 Å². The van der Waals surface area contributed by atoms with Gasteiger partial charge in [0.25, 0.3) is 15.9 Å². The van der Waals surface area contributed by atoms with Crippen LogP contribution in [0, 0.1) is 11.3 Å². The highest BCUT2D eigenvalue weighted by Crippen LogP contribution is 2.33. The van der Waals surface area contributed by atoms with Gasteiger partial charge in [0.2, 0.25) is 0 Å². The average molecular weight is 649 g/mol. The summed E-state index contributed by atoms with van der Waals surface area (Å²) in [5.41, 5.74) is 3.48. The first-order valence-electron chi connectivity index (χ1n) is 14.2. The fraction of sp³-hybridized carbons (Fsp3) is 0.118. The Morgan fingerprint density at radius 2 is 1.85 bits per heavy atom. The number of benzene rings is 3. The largest absolute Gasteiger partial charge is 0.497 e. The van der Waals surface area contributed by atoms with Gasteiger partial charge in [-0.2, -0.15) is 5.26 Å². The van der Waals surface area contributed by atoms with Crippen LogP contribution in [0.4, 0.5) is 5.69 Å². The molecule has 0 aliphatic heterocycles. The minimum Gasteiger partial charge on any atom is -0.497 e. The normalized spacial score (nSPS) is 11.2. The van der Waals surface area contributed by atoms with Gasteiger partial charge in [0.05, 0.1) is 52.8 Å². The van der Waals surface area contributed by atoms with Gasteiger partial charge in [-0.15, -0.1) is 11.3 Å². The fourth-order valence-corrected chi connectivity index (χ4v) is 7.35. The van der Waals surface area contributed by atoms with E-state index in [1.54, 1.807) is 67.4 Å². The van der Waals surface area contributed by atoms with E-state index in [0.29, 0.717) is 40.7 Å². The van der Waals surface area contributed by atoms with E-state index in [1.807, 2.05) is 34.9 Å². The Kier molecular flexibility index (Phi) is 8.78. The number of rotatable bonds is 11. The maximum absolute atomic E-state index is 14.3. The number of carbonyl (C=O) groups is 1. The molecule has 0 fully saturated rings. The Labute approximate surface area is 270 Å². The third-order valence-electron chi connectivity index (χ3n) is 7.36. The molecule has 12 heteroatoms. The van der Waals surface area contributed by atoms with Gasteiger partial charge in [0, 0.05) is 42.4 Å². The van der Waals surface area contributed by atoms with Crippen LogP contribution in [0.25, 0.3) is 10.1 Å². The third kappa shape index (κ3) is 6.61. The van der Waals surface area contributed by atoms with Crippen molar-refractivity contribution >= 4 is 43.0 Å². The first kappa shape index (κ1) is 30.5. The van der Waals surface area contributed by atoms with Crippen LogP contribution in [0.1, 0.15) is 32.1 Å². The van der Waals surface area contributed by atoms with Gasteiger partial charge in [-0.25, -0.2) is 13.4 Å². The average Bonchev–Trinajstić information content (AvgIpc) is 3.73. The number of aromatic nitrogens is 3. The van der Waals surface area contributed by atoms with Crippen LogP contribution in [0.5, 0.6) is 5.75 Å². The van der Waals surface area contributed by atoms with Gasteiger partial charge >= 0.3 is 0 Å². The van der Waals surface area contributed by atoms with Crippen LogP contribution in [0.15, 0.2) is 115 Å². The van der Waals surface area contributed by atoms with Crippen LogP contribution in [-0.2, 0) is 29.7 Å². The number of nitriles is 1. The predicted molar refractivity (Wildman–Crippen MR) is 176 cm³/mol. The maximum Gasteiger partial charge on any atom is 0.264 e. The molecule has 0 bridgehead atoms. The first-order chi connectivity index (χ1) is 22.3. The zero-order valence-electron chi connectivity index (χ0n) is 24.7. The Morgan fingerprint density at radius 3 is 2.61 bits per heavy atom. The number of carbonyl (C=O) groups excluding carboxylic acids is 1. The van der Waals surface area contributed by atoms with Crippen molar-refractivity contribution in [2.45, 2.75) is 24.5 Å². The molecule has 46 heavy (non-hydrogen) atoms. The van der Waals surface area contributed by atoms with Gasteiger partial charge in [-0.3, -0.25) is 14.1 Å². The van der Waals surface area contributed by atoms with E-state index in [4.69, 9.17) is 10.00 Å². The molecule has 3 heterocycles. The van der Waals surface area contributed by atoms with Crippen LogP contribution in [-0.4, -0.2) is 36.0 Å². The summed E-state index contributed by atoms with van der Waals surface area (Å²) >= 11 is 1.33. The van der Waals surface area contributed by atoms with Crippen LogP contribution in [0.3, 0.4) is 0 Å². The maximum atomic E-state index is 14.3. The number of ether oxygens (including phenoxy) is 1. The van der Waals surface area contributed by atoms with Crippen molar-refractivity contribution in [3.8, 4) is 11.8 Å². The van der Waals surface area contributed by atoms with Gasteiger partial charge < -0.3 is 14.6 Å². The van der Waals surface area contributed by atoms with E-state index in [0.717, 1.165) is 21.2 Å². The summed E-state index contributed by atoms with van der Waals surface area (Å²) in [6, 6.07) is 26.5. The fourth-order valence-electron chi connectivity index (χ4n) is 4.92. The van der Waals surface area contributed by atoms with Crippen molar-refractivity contribution in [2.75, 3.05) is 11.4 Å². The predicted octanol–water partition coefficient (Wildman–Crippen LogP) is 5.75. The van der Waals surface area contributed by atoms with Gasteiger partial charge in [0.15, 0.2) is 0 Å². The first-order valence-corrected chi connectivity index (χ1v) is 16.5. The van der Waals surface area contributed by atoms with E-state index in [-0.39, 0.29) is 17.3 Å². The molecule has 1 amide bonds. The molecule has 0 aliphatic carbocycles. The summed E-state index contributed by atoms with van der Waals surface area (Å²) in [6.45, 7) is 0.772. The monoisotopic (exact) mass is 648 g/mol. The highest BCUT2D eigenvalue weighted by Gasteiger charge is 2.27. The van der Waals surface area contributed by atoms with Gasteiger partial charge in [-0.05, 0) is 71.1 Å². The molecule has 6 aromatic rings. The Hall–Kier alpha value is -5.51. The summed E-state index contributed by atoms with van der Waals surface area (Å²) in [5.74, 6) is 0.196. The highest BCUT2D eigenvalue weighted by molar-refractivity contribution is 7.92. The van der Waals surface area contributed by atoms with Crippen molar-refractivity contribution in [3.63, 3.8) is 0 Å². The molecule has 10 nitrogen and oxygen atoms in total. The number of amides is 1. The lowest BCUT2D eigenvalue weighted by Gasteiger charge is -2.25. The molecule has 0 radical (unpaired) electrons. The molecular formula is C34H28N6O4S2. The molecule has 0 atom stereocenters. The second kappa shape index (κ2) is 13.2. The van der Waals surface area contributed by atoms with Crippen molar-refractivity contribution < 1.29 is 17.9 Å². The topological polar surface area (TPSA) is 130 Å². The smallest absolute Gasteiger partial charge is 0.264 e. The number of nitrogens with zero attached hydrogens (tertiary/aromatic N) is 5. The Morgan fingerprint density at radius 1 is 1.00 bits per heavy atom. The number of thiophene rings is 1. The van der Waals surface area contributed by atoms with Gasteiger partial charge in [-0.1, -0.05) is 24.3 Å².